The van der Waals surface area contributed by atoms with Gasteiger partial charge in [-0.1, -0.05) is 43.7 Å². The van der Waals surface area contributed by atoms with Crippen LogP contribution in [0.15, 0.2) is 54.9 Å². The van der Waals surface area contributed by atoms with Crippen LogP contribution < -0.4 is 4.74 Å². The van der Waals surface area contributed by atoms with Crippen LogP contribution in [0.2, 0.25) is 0 Å². The maximum atomic E-state index is 15.1. The van der Waals surface area contributed by atoms with E-state index in [1.54, 1.807) is 12.1 Å². The van der Waals surface area contributed by atoms with E-state index in [0.717, 1.165) is 53.7 Å². The Hall–Kier alpha value is -3.55. The zero-order valence-electron chi connectivity index (χ0n) is 19.7. The Morgan fingerprint density at radius 1 is 0.750 bits per heavy atom. The Morgan fingerprint density at radius 2 is 1.44 bits per heavy atom. The molecular formula is C28H25F5N2O. The Bertz CT molecular complexity index is 1320. The first kappa shape index (κ1) is 25.5. The van der Waals surface area contributed by atoms with Crippen LogP contribution >= 0.6 is 0 Å². The van der Waals surface area contributed by atoms with Crippen molar-refractivity contribution in [1.82, 2.24) is 9.97 Å². The molecule has 3 nitrogen and oxygen atoms in total. The number of ether oxygens (including phenoxy) is 1. The SMILES string of the molecule is CCCc1cnc(CCc2ccc3c(F)c(CCc4cc(F)c(OC(F)F)c(F)c4)ccc3c2)nc1. The summed E-state index contributed by atoms with van der Waals surface area (Å²) >= 11 is 0. The number of halogens is 5. The van der Waals surface area contributed by atoms with Crippen LogP contribution in [0.5, 0.6) is 5.75 Å². The predicted octanol–water partition coefficient (Wildman–Crippen LogP) is 7.17. The number of hydrogen-bond donors (Lipinski definition) is 0. The summed E-state index contributed by atoms with van der Waals surface area (Å²) in [5.41, 5.74) is 2.76. The molecule has 3 aromatic carbocycles. The van der Waals surface area contributed by atoms with Crippen LogP contribution in [0.1, 0.15) is 41.4 Å². The van der Waals surface area contributed by atoms with E-state index in [9.17, 15) is 17.6 Å². The quantitative estimate of drug-likeness (QED) is 0.217. The lowest BCUT2D eigenvalue weighted by Gasteiger charge is -2.11. The summed E-state index contributed by atoms with van der Waals surface area (Å²) in [5, 5.41) is 1.20. The molecule has 0 aliphatic carbocycles. The molecule has 0 aliphatic heterocycles. The maximum Gasteiger partial charge on any atom is 0.387 e. The summed E-state index contributed by atoms with van der Waals surface area (Å²) in [7, 11) is 0. The smallest absolute Gasteiger partial charge is 0.387 e. The number of rotatable bonds is 10. The van der Waals surface area contributed by atoms with Crippen LogP contribution in [0.3, 0.4) is 0 Å². The fourth-order valence-electron chi connectivity index (χ4n) is 4.16. The predicted molar refractivity (Wildman–Crippen MR) is 128 cm³/mol. The van der Waals surface area contributed by atoms with E-state index < -0.39 is 29.8 Å². The van der Waals surface area contributed by atoms with Crippen molar-refractivity contribution < 1.29 is 26.7 Å². The molecule has 0 bridgehead atoms. The van der Waals surface area contributed by atoms with Crippen LogP contribution in [0.25, 0.3) is 10.8 Å². The maximum absolute atomic E-state index is 15.1. The van der Waals surface area contributed by atoms with E-state index in [0.29, 0.717) is 17.4 Å². The minimum Gasteiger partial charge on any atom is -0.429 e. The van der Waals surface area contributed by atoms with Crippen LogP contribution in [0.4, 0.5) is 22.0 Å². The fourth-order valence-corrected chi connectivity index (χ4v) is 4.16. The van der Waals surface area contributed by atoms with Crippen molar-refractivity contribution in [3.63, 3.8) is 0 Å². The molecule has 0 unspecified atom stereocenters. The molecule has 0 saturated carbocycles. The van der Waals surface area contributed by atoms with Crippen molar-refractivity contribution in [3.8, 4) is 5.75 Å². The van der Waals surface area contributed by atoms with Gasteiger partial charge in [-0.2, -0.15) is 8.78 Å². The van der Waals surface area contributed by atoms with Gasteiger partial charge in [0.15, 0.2) is 17.4 Å². The largest absolute Gasteiger partial charge is 0.429 e. The van der Waals surface area contributed by atoms with E-state index in [1.165, 1.54) is 0 Å². The first-order valence-electron chi connectivity index (χ1n) is 11.8. The Morgan fingerprint density at radius 3 is 2.11 bits per heavy atom. The average molecular weight is 501 g/mol. The number of fused-ring (bicyclic) bond motifs is 1. The zero-order chi connectivity index (χ0) is 25.7. The summed E-state index contributed by atoms with van der Waals surface area (Å²) in [6.07, 6.45) is 7.41. The van der Waals surface area contributed by atoms with Crippen molar-refractivity contribution >= 4 is 10.8 Å². The molecule has 0 saturated heterocycles. The second-order valence-corrected chi connectivity index (χ2v) is 8.62. The topological polar surface area (TPSA) is 35.0 Å². The van der Waals surface area contributed by atoms with Gasteiger partial charge in [-0.05, 0) is 65.5 Å². The summed E-state index contributed by atoms with van der Waals surface area (Å²) in [6.45, 7) is -1.23. The van der Waals surface area contributed by atoms with Crippen molar-refractivity contribution in [2.24, 2.45) is 0 Å². The summed E-state index contributed by atoms with van der Waals surface area (Å²) < 4.78 is 71.6. The molecule has 188 valence electrons. The Balaban J connectivity index is 1.43. The van der Waals surface area contributed by atoms with E-state index >= 15 is 4.39 Å². The molecule has 4 rings (SSSR count). The minimum absolute atomic E-state index is 0.125. The number of aryl methyl sites for hydroxylation is 5. The van der Waals surface area contributed by atoms with Gasteiger partial charge in [0.05, 0.1) is 0 Å². The van der Waals surface area contributed by atoms with E-state index in [2.05, 4.69) is 21.6 Å². The molecule has 0 spiro atoms. The van der Waals surface area contributed by atoms with Gasteiger partial charge in [-0.25, -0.2) is 23.1 Å². The number of nitrogens with zero attached hydrogens (tertiary/aromatic N) is 2. The van der Waals surface area contributed by atoms with Crippen LogP contribution in [-0.2, 0) is 32.1 Å². The number of hydrogen-bond acceptors (Lipinski definition) is 3. The molecular weight excluding hydrogens is 475 g/mol. The van der Waals surface area contributed by atoms with Gasteiger partial charge in [0.25, 0.3) is 0 Å². The lowest BCUT2D eigenvalue weighted by Crippen LogP contribution is -2.06. The highest BCUT2D eigenvalue weighted by Crippen LogP contribution is 2.27. The van der Waals surface area contributed by atoms with Gasteiger partial charge >= 0.3 is 6.61 Å². The third kappa shape index (κ3) is 6.17. The van der Waals surface area contributed by atoms with E-state index in [-0.39, 0.29) is 18.4 Å². The summed E-state index contributed by atoms with van der Waals surface area (Å²) in [4.78, 5) is 8.83. The van der Waals surface area contributed by atoms with Crippen molar-refractivity contribution in [3.05, 3.63) is 100 Å². The van der Waals surface area contributed by atoms with Crippen molar-refractivity contribution in [2.75, 3.05) is 0 Å². The highest BCUT2D eigenvalue weighted by molar-refractivity contribution is 5.84. The lowest BCUT2D eigenvalue weighted by molar-refractivity contribution is -0.0546. The molecule has 1 aromatic heterocycles. The Labute approximate surface area is 206 Å². The Kier molecular flexibility index (Phi) is 8.13. The molecule has 36 heavy (non-hydrogen) atoms. The number of benzene rings is 3. The highest BCUT2D eigenvalue weighted by atomic mass is 19.3. The molecule has 0 fully saturated rings. The fraction of sp³-hybridized carbons (Fsp3) is 0.286. The van der Waals surface area contributed by atoms with Gasteiger partial charge < -0.3 is 4.74 Å². The molecule has 0 N–H and O–H groups in total. The normalized spacial score (nSPS) is 11.4. The summed E-state index contributed by atoms with van der Waals surface area (Å²) in [5.74, 6) is -3.20. The van der Waals surface area contributed by atoms with E-state index in [4.69, 9.17) is 0 Å². The lowest BCUT2D eigenvalue weighted by atomic mass is 9.98. The second kappa shape index (κ2) is 11.5. The van der Waals surface area contributed by atoms with E-state index in [1.807, 2.05) is 30.6 Å². The van der Waals surface area contributed by atoms with Gasteiger partial charge in [0, 0.05) is 24.2 Å². The zero-order valence-corrected chi connectivity index (χ0v) is 19.7. The highest BCUT2D eigenvalue weighted by Gasteiger charge is 2.17. The standard InChI is InChI=1S/C28H25F5N2O/c1-2-3-19-15-34-25(35-16-19)11-6-17-5-10-22-21(12-17)9-8-20(26(22)31)7-4-18-13-23(29)27(24(30)14-18)36-28(32)33/h5,8-10,12-16,28H,2-4,6-7,11H2,1H3. The van der Waals surface area contributed by atoms with Gasteiger partial charge in [-0.3, -0.25) is 0 Å². The first-order valence-corrected chi connectivity index (χ1v) is 11.8. The second-order valence-electron chi connectivity index (χ2n) is 8.62. The summed E-state index contributed by atoms with van der Waals surface area (Å²) in [6, 6.07) is 10.8. The molecule has 1 heterocycles. The van der Waals surface area contributed by atoms with Crippen LogP contribution in [-0.4, -0.2) is 16.6 Å². The van der Waals surface area contributed by atoms with Crippen LogP contribution in [0, 0.1) is 17.5 Å². The third-order valence-corrected chi connectivity index (χ3v) is 5.98. The van der Waals surface area contributed by atoms with Gasteiger partial charge in [-0.15, -0.1) is 0 Å². The number of aromatic nitrogens is 2. The first-order chi connectivity index (χ1) is 17.3. The minimum atomic E-state index is -3.34. The molecule has 0 atom stereocenters. The molecule has 0 radical (unpaired) electrons. The average Bonchev–Trinajstić information content (AvgIpc) is 2.85. The molecule has 0 amide bonds. The third-order valence-electron chi connectivity index (χ3n) is 5.98. The van der Waals surface area contributed by atoms with Gasteiger partial charge in [0.1, 0.15) is 11.6 Å². The number of alkyl halides is 2. The van der Waals surface area contributed by atoms with Crippen molar-refractivity contribution in [1.29, 1.82) is 0 Å². The van der Waals surface area contributed by atoms with Gasteiger partial charge in [0.2, 0.25) is 0 Å². The van der Waals surface area contributed by atoms with Crippen molar-refractivity contribution in [2.45, 2.75) is 52.1 Å². The molecule has 4 aromatic rings. The molecule has 8 heteroatoms. The monoisotopic (exact) mass is 500 g/mol. The molecule has 0 aliphatic rings.